The van der Waals surface area contributed by atoms with Crippen molar-refractivity contribution in [3.63, 3.8) is 0 Å². The second-order valence-electron chi connectivity index (χ2n) is 9.50. The van der Waals surface area contributed by atoms with Crippen LogP contribution in [0.2, 0.25) is 0 Å². The van der Waals surface area contributed by atoms with E-state index in [1.54, 1.807) is 0 Å². The van der Waals surface area contributed by atoms with Crippen molar-refractivity contribution < 1.29 is 23.5 Å². The van der Waals surface area contributed by atoms with Gasteiger partial charge in [-0.3, -0.25) is 9.59 Å². The minimum atomic E-state index is -0.798. The fourth-order valence-corrected chi connectivity index (χ4v) is 5.93. The van der Waals surface area contributed by atoms with E-state index in [9.17, 15) is 18.8 Å². The largest absolute Gasteiger partial charge is 0.363 e. The number of fused-ring (bicyclic) bond motifs is 3. The number of amides is 4. The average Bonchev–Trinajstić information content (AvgIpc) is 3.19. The molecule has 2 saturated heterocycles. The van der Waals surface area contributed by atoms with Gasteiger partial charge in [-0.05, 0) is 49.9 Å². The maximum Gasteiger partial charge on any atom is 0.332 e. The molecule has 2 aliphatic heterocycles. The van der Waals surface area contributed by atoms with Gasteiger partial charge >= 0.3 is 6.03 Å². The van der Waals surface area contributed by atoms with Crippen LogP contribution >= 0.6 is 0 Å². The number of anilines is 1. The Morgan fingerprint density at radius 2 is 1.69 bits per heavy atom. The monoisotopic (exact) mass is 443 g/mol. The number of imide groups is 1. The summed E-state index contributed by atoms with van der Waals surface area (Å²) in [5, 5.41) is 3.09. The molecule has 5 rings (SSSR count). The highest BCUT2D eigenvalue weighted by molar-refractivity contribution is 6.18. The third-order valence-electron chi connectivity index (χ3n) is 7.45. The van der Waals surface area contributed by atoms with Gasteiger partial charge in [-0.15, -0.1) is 0 Å². The summed E-state index contributed by atoms with van der Waals surface area (Å²) in [6, 6.07) is 4.44. The summed E-state index contributed by atoms with van der Waals surface area (Å²) in [6.07, 6.45) is 8.23. The van der Waals surface area contributed by atoms with Crippen molar-refractivity contribution in [1.82, 2.24) is 10.2 Å². The van der Waals surface area contributed by atoms with E-state index in [2.05, 4.69) is 5.32 Å². The molecule has 4 unspecified atom stereocenters. The van der Waals surface area contributed by atoms with Gasteiger partial charge in [0.05, 0.1) is 17.8 Å². The van der Waals surface area contributed by atoms with Crippen LogP contribution in [0, 0.1) is 11.7 Å². The van der Waals surface area contributed by atoms with Crippen molar-refractivity contribution in [3.05, 3.63) is 30.1 Å². The van der Waals surface area contributed by atoms with Gasteiger partial charge in [-0.2, -0.15) is 0 Å². The minimum absolute atomic E-state index is 0.0551. The maximum atomic E-state index is 13.6. The summed E-state index contributed by atoms with van der Waals surface area (Å²) in [6.45, 7) is -0.103. The van der Waals surface area contributed by atoms with E-state index >= 15 is 0 Å². The van der Waals surface area contributed by atoms with Crippen LogP contribution in [0.5, 0.6) is 0 Å². The molecule has 2 heterocycles. The molecule has 172 valence electrons. The van der Waals surface area contributed by atoms with Crippen LogP contribution in [0.15, 0.2) is 24.3 Å². The number of nitrogens with zero attached hydrogens (tertiary/aromatic N) is 2. The lowest BCUT2D eigenvalue weighted by Crippen LogP contribution is -2.66. The minimum Gasteiger partial charge on any atom is -0.363 e. The zero-order chi connectivity index (χ0) is 22.2. The van der Waals surface area contributed by atoms with Crippen LogP contribution in [0.1, 0.15) is 57.8 Å². The molecule has 1 aromatic carbocycles. The van der Waals surface area contributed by atoms with E-state index in [-0.39, 0.29) is 36.2 Å². The average molecular weight is 444 g/mol. The molecule has 7 nitrogen and oxygen atoms in total. The predicted octanol–water partition coefficient (Wildman–Crippen LogP) is 3.37. The third-order valence-corrected chi connectivity index (χ3v) is 7.45. The summed E-state index contributed by atoms with van der Waals surface area (Å²) in [7, 11) is 0. The molecule has 4 aliphatic rings. The SMILES string of the molecule is O=C(CN1C(=O)N(c2ccc(F)cc2)C(=O)C2OC3CCCCC3C21)NC1CCCCC1. The summed E-state index contributed by atoms with van der Waals surface area (Å²) >= 11 is 0. The Balaban J connectivity index is 1.42. The lowest BCUT2D eigenvalue weighted by Gasteiger charge is -2.43. The molecule has 0 spiro atoms. The topological polar surface area (TPSA) is 79.0 Å². The molecule has 1 aromatic rings. The van der Waals surface area contributed by atoms with E-state index < -0.39 is 29.9 Å². The van der Waals surface area contributed by atoms with Crippen LogP contribution in [0.3, 0.4) is 0 Å². The van der Waals surface area contributed by atoms with Gasteiger partial charge in [0.15, 0.2) is 6.10 Å². The summed E-state index contributed by atoms with van der Waals surface area (Å²) in [5.41, 5.74) is 0.288. The highest BCUT2D eigenvalue weighted by Gasteiger charge is 2.58. The van der Waals surface area contributed by atoms with Crippen molar-refractivity contribution in [2.24, 2.45) is 5.92 Å². The Morgan fingerprint density at radius 1 is 1.00 bits per heavy atom. The van der Waals surface area contributed by atoms with Crippen LogP contribution in [0.25, 0.3) is 0 Å². The first-order valence-corrected chi connectivity index (χ1v) is 11.9. The highest BCUT2D eigenvalue weighted by Crippen LogP contribution is 2.43. The molecule has 2 aliphatic carbocycles. The van der Waals surface area contributed by atoms with Gasteiger partial charge in [0, 0.05) is 12.0 Å². The van der Waals surface area contributed by atoms with Crippen molar-refractivity contribution in [2.45, 2.75) is 82.1 Å². The second-order valence-corrected chi connectivity index (χ2v) is 9.50. The number of urea groups is 1. The van der Waals surface area contributed by atoms with Gasteiger partial charge in [-0.1, -0.05) is 32.1 Å². The predicted molar refractivity (Wildman–Crippen MR) is 115 cm³/mol. The number of benzene rings is 1. The fraction of sp³-hybridized carbons (Fsp3) is 0.625. The quantitative estimate of drug-likeness (QED) is 0.774. The smallest absolute Gasteiger partial charge is 0.332 e. The van der Waals surface area contributed by atoms with Gasteiger partial charge in [0.2, 0.25) is 5.91 Å². The van der Waals surface area contributed by atoms with E-state index in [1.807, 2.05) is 0 Å². The Bertz CT molecular complexity index is 886. The van der Waals surface area contributed by atoms with Gasteiger partial charge in [0.25, 0.3) is 5.91 Å². The Hall–Kier alpha value is -2.48. The molecular weight excluding hydrogens is 413 g/mol. The molecule has 4 atom stereocenters. The standard InChI is InChI=1S/C24H30FN3O4/c25-15-10-12-17(13-11-15)28-23(30)22-21(18-8-4-5-9-19(18)32-22)27(24(28)31)14-20(29)26-16-6-2-1-3-7-16/h10-13,16,18-19,21-22H,1-9,14H2,(H,26,29). The van der Waals surface area contributed by atoms with Gasteiger partial charge in [0.1, 0.15) is 12.4 Å². The second kappa shape index (κ2) is 8.81. The van der Waals surface area contributed by atoms with Crippen molar-refractivity contribution in [2.75, 3.05) is 11.4 Å². The van der Waals surface area contributed by atoms with E-state index in [0.717, 1.165) is 56.3 Å². The number of carbonyl (C=O) groups excluding carboxylic acids is 3. The Labute approximate surface area is 187 Å². The molecule has 4 fully saturated rings. The first-order valence-electron chi connectivity index (χ1n) is 11.9. The van der Waals surface area contributed by atoms with E-state index in [1.165, 1.54) is 35.6 Å². The molecule has 0 bridgehead atoms. The number of rotatable bonds is 4. The van der Waals surface area contributed by atoms with Crippen molar-refractivity contribution >= 4 is 23.5 Å². The molecule has 0 aromatic heterocycles. The Morgan fingerprint density at radius 3 is 2.44 bits per heavy atom. The summed E-state index contributed by atoms with van der Waals surface area (Å²) in [4.78, 5) is 42.4. The molecule has 8 heteroatoms. The lowest BCUT2D eigenvalue weighted by molar-refractivity contribution is -0.134. The van der Waals surface area contributed by atoms with Crippen molar-refractivity contribution in [3.8, 4) is 0 Å². The zero-order valence-corrected chi connectivity index (χ0v) is 18.2. The first kappa shape index (κ1) is 21.4. The Kier molecular flexibility index (Phi) is 5.88. The van der Waals surface area contributed by atoms with E-state index in [4.69, 9.17) is 4.74 Å². The number of hydrogen-bond acceptors (Lipinski definition) is 4. The number of nitrogens with one attached hydrogen (secondary N) is 1. The van der Waals surface area contributed by atoms with Crippen LogP contribution in [-0.4, -0.2) is 53.6 Å². The fourth-order valence-electron chi connectivity index (χ4n) is 5.93. The number of carbonyl (C=O) groups is 3. The first-order chi connectivity index (χ1) is 15.5. The molecule has 2 saturated carbocycles. The molecule has 32 heavy (non-hydrogen) atoms. The molecular formula is C24H30FN3O4. The normalized spacial score (nSPS) is 30.8. The van der Waals surface area contributed by atoms with Crippen molar-refractivity contribution in [1.29, 1.82) is 0 Å². The van der Waals surface area contributed by atoms with Crippen LogP contribution in [-0.2, 0) is 14.3 Å². The molecule has 4 amide bonds. The highest BCUT2D eigenvalue weighted by atomic mass is 19.1. The van der Waals surface area contributed by atoms with Crippen LogP contribution in [0.4, 0.5) is 14.9 Å². The zero-order valence-electron chi connectivity index (χ0n) is 18.2. The number of hydrogen-bond donors (Lipinski definition) is 1. The van der Waals surface area contributed by atoms with Crippen LogP contribution < -0.4 is 10.2 Å². The molecule has 1 N–H and O–H groups in total. The summed E-state index contributed by atoms with van der Waals surface area (Å²) in [5.74, 6) is -1.02. The lowest BCUT2D eigenvalue weighted by atomic mass is 9.81. The number of halogens is 1. The molecule has 0 radical (unpaired) electrons. The van der Waals surface area contributed by atoms with Gasteiger partial charge < -0.3 is 15.0 Å². The maximum absolute atomic E-state index is 13.6. The number of ether oxygens (including phenoxy) is 1. The van der Waals surface area contributed by atoms with Gasteiger partial charge in [-0.25, -0.2) is 14.1 Å². The van der Waals surface area contributed by atoms with E-state index in [0.29, 0.717) is 0 Å². The summed E-state index contributed by atoms with van der Waals surface area (Å²) < 4.78 is 19.6. The third kappa shape index (κ3) is 3.89.